The zero-order chi connectivity index (χ0) is 19.0. The Labute approximate surface area is 152 Å². The Balaban J connectivity index is 1.84. The fraction of sp³-hybridized carbons (Fsp3) is 0.0556. The van der Waals surface area contributed by atoms with Gasteiger partial charge >= 0.3 is 0 Å². The lowest BCUT2D eigenvalue weighted by Crippen LogP contribution is -2.07. The minimum Gasteiger partial charge on any atom is -0.399 e. The van der Waals surface area contributed by atoms with Crippen molar-refractivity contribution >= 4 is 22.7 Å². The van der Waals surface area contributed by atoms with Crippen molar-refractivity contribution in [1.82, 2.24) is 24.7 Å². The van der Waals surface area contributed by atoms with Crippen molar-refractivity contribution in [3.8, 4) is 17.5 Å². The average Bonchev–Trinajstić information content (AvgIpc) is 3.06. The van der Waals surface area contributed by atoms with Gasteiger partial charge < -0.3 is 11.5 Å². The van der Waals surface area contributed by atoms with Crippen LogP contribution < -0.4 is 11.5 Å². The molecule has 27 heavy (non-hydrogen) atoms. The van der Waals surface area contributed by atoms with E-state index in [1.807, 2.05) is 6.07 Å². The number of hydrogen-bond acceptors (Lipinski definition) is 7. The monoisotopic (exact) mass is 360 g/mol. The molecule has 0 spiro atoms. The largest absolute Gasteiger partial charge is 0.399 e. The van der Waals surface area contributed by atoms with E-state index < -0.39 is 5.82 Å². The van der Waals surface area contributed by atoms with Gasteiger partial charge in [0.25, 0.3) is 0 Å². The second kappa shape index (κ2) is 6.34. The fourth-order valence-electron chi connectivity index (χ4n) is 2.77. The lowest BCUT2D eigenvalue weighted by molar-refractivity contribution is 0.590. The molecule has 4 aromatic rings. The molecule has 0 saturated carbocycles. The van der Waals surface area contributed by atoms with E-state index in [1.54, 1.807) is 36.5 Å². The summed E-state index contributed by atoms with van der Waals surface area (Å²) >= 11 is 0. The highest BCUT2D eigenvalue weighted by molar-refractivity contribution is 5.90. The maximum Gasteiger partial charge on any atom is 0.222 e. The number of nitrogen functional groups attached to an aromatic ring is 2. The van der Waals surface area contributed by atoms with Crippen LogP contribution in [-0.2, 0) is 6.54 Å². The Morgan fingerprint density at radius 1 is 1.11 bits per heavy atom. The molecule has 4 rings (SSSR count). The van der Waals surface area contributed by atoms with Gasteiger partial charge in [0.1, 0.15) is 23.3 Å². The standard InChI is InChI=1S/C18H13FN8/c19-14-6-11(21)5-4-10(14)9-27-17-13(8-23-27)16(25-18(22)26-17)15-3-1-2-12(7-20)24-15/h1-6,8H,9,21H2,(H2,22,25,26). The van der Waals surface area contributed by atoms with Gasteiger partial charge in [-0.3, -0.25) is 0 Å². The molecule has 132 valence electrons. The first-order valence-electron chi connectivity index (χ1n) is 7.95. The molecular weight excluding hydrogens is 347 g/mol. The summed E-state index contributed by atoms with van der Waals surface area (Å²) in [4.78, 5) is 12.7. The molecule has 0 radical (unpaired) electrons. The van der Waals surface area contributed by atoms with Gasteiger partial charge in [0.2, 0.25) is 5.95 Å². The number of nitriles is 1. The number of fused-ring (bicyclic) bond motifs is 1. The van der Waals surface area contributed by atoms with Crippen LogP contribution in [-0.4, -0.2) is 24.7 Å². The van der Waals surface area contributed by atoms with E-state index in [9.17, 15) is 4.39 Å². The molecule has 3 heterocycles. The second-order valence-corrected chi connectivity index (χ2v) is 5.84. The Morgan fingerprint density at radius 3 is 2.74 bits per heavy atom. The van der Waals surface area contributed by atoms with Crippen molar-refractivity contribution in [2.24, 2.45) is 0 Å². The highest BCUT2D eigenvalue weighted by Gasteiger charge is 2.16. The number of nitrogens with zero attached hydrogens (tertiary/aromatic N) is 6. The van der Waals surface area contributed by atoms with E-state index >= 15 is 0 Å². The van der Waals surface area contributed by atoms with Crippen LogP contribution in [0.4, 0.5) is 16.0 Å². The molecule has 1 aromatic carbocycles. The number of halogens is 1. The van der Waals surface area contributed by atoms with Crippen LogP contribution in [0.25, 0.3) is 22.4 Å². The molecule has 0 atom stereocenters. The van der Waals surface area contributed by atoms with Gasteiger partial charge in [0.15, 0.2) is 5.65 Å². The number of rotatable bonds is 3. The maximum absolute atomic E-state index is 14.1. The van der Waals surface area contributed by atoms with E-state index in [1.165, 1.54) is 10.7 Å². The first-order chi connectivity index (χ1) is 13.0. The molecule has 3 aromatic heterocycles. The van der Waals surface area contributed by atoms with Crippen molar-refractivity contribution in [3.63, 3.8) is 0 Å². The normalized spacial score (nSPS) is 10.8. The third kappa shape index (κ3) is 3.00. The third-order valence-electron chi connectivity index (χ3n) is 4.02. The van der Waals surface area contributed by atoms with E-state index in [4.69, 9.17) is 16.7 Å². The summed E-state index contributed by atoms with van der Waals surface area (Å²) in [6, 6.07) is 11.5. The van der Waals surface area contributed by atoms with Crippen molar-refractivity contribution in [2.75, 3.05) is 11.5 Å². The van der Waals surface area contributed by atoms with Gasteiger partial charge in [-0.15, -0.1) is 0 Å². The highest BCUT2D eigenvalue weighted by atomic mass is 19.1. The topological polar surface area (TPSA) is 132 Å². The first-order valence-corrected chi connectivity index (χ1v) is 7.95. The van der Waals surface area contributed by atoms with Crippen molar-refractivity contribution < 1.29 is 4.39 Å². The lowest BCUT2D eigenvalue weighted by Gasteiger charge is -2.07. The van der Waals surface area contributed by atoms with E-state index in [0.717, 1.165) is 0 Å². The molecule has 8 nitrogen and oxygen atoms in total. The van der Waals surface area contributed by atoms with Gasteiger partial charge in [0, 0.05) is 11.3 Å². The van der Waals surface area contributed by atoms with Gasteiger partial charge in [-0.25, -0.2) is 19.0 Å². The third-order valence-corrected chi connectivity index (χ3v) is 4.02. The van der Waals surface area contributed by atoms with Crippen molar-refractivity contribution in [3.05, 3.63) is 59.7 Å². The Morgan fingerprint density at radius 2 is 1.96 bits per heavy atom. The van der Waals surface area contributed by atoms with E-state index in [2.05, 4.69) is 20.1 Å². The Hall–Kier alpha value is -4.06. The number of hydrogen-bond donors (Lipinski definition) is 2. The Kier molecular flexibility index (Phi) is 3.86. The van der Waals surface area contributed by atoms with Crippen molar-refractivity contribution in [1.29, 1.82) is 5.26 Å². The number of anilines is 2. The quantitative estimate of drug-likeness (QED) is 0.535. The van der Waals surface area contributed by atoms with Crippen LogP contribution in [0.2, 0.25) is 0 Å². The van der Waals surface area contributed by atoms with Gasteiger partial charge in [-0.2, -0.15) is 15.3 Å². The van der Waals surface area contributed by atoms with Crippen molar-refractivity contribution in [2.45, 2.75) is 6.54 Å². The van der Waals surface area contributed by atoms with Crippen LogP contribution in [0, 0.1) is 17.1 Å². The lowest BCUT2D eigenvalue weighted by atomic mass is 10.2. The zero-order valence-corrected chi connectivity index (χ0v) is 14.0. The van der Waals surface area contributed by atoms with Crippen LogP contribution >= 0.6 is 0 Å². The predicted molar refractivity (Wildman–Crippen MR) is 97.6 cm³/mol. The van der Waals surface area contributed by atoms with Gasteiger partial charge in [-0.05, 0) is 24.3 Å². The second-order valence-electron chi connectivity index (χ2n) is 5.84. The van der Waals surface area contributed by atoms with E-state index in [0.29, 0.717) is 33.7 Å². The van der Waals surface area contributed by atoms with Crippen LogP contribution in [0.1, 0.15) is 11.3 Å². The molecule has 0 fully saturated rings. The van der Waals surface area contributed by atoms with Crippen LogP contribution in [0.5, 0.6) is 0 Å². The zero-order valence-electron chi connectivity index (χ0n) is 14.0. The van der Waals surface area contributed by atoms with Gasteiger partial charge in [-0.1, -0.05) is 12.1 Å². The molecule has 0 amide bonds. The maximum atomic E-state index is 14.1. The molecule has 0 saturated heterocycles. The summed E-state index contributed by atoms with van der Waals surface area (Å²) in [7, 11) is 0. The molecule has 4 N–H and O–H groups in total. The van der Waals surface area contributed by atoms with Crippen LogP contribution in [0.15, 0.2) is 42.6 Å². The summed E-state index contributed by atoms with van der Waals surface area (Å²) < 4.78 is 15.7. The average molecular weight is 360 g/mol. The molecule has 0 aliphatic rings. The number of pyridine rings is 1. The minimum atomic E-state index is -0.427. The number of nitrogens with two attached hydrogens (primary N) is 2. The summed E-state index contributed by atoms with van der Waals surface area (Å²) in [5.74, 6) is -0.398. The molecule has 0 aliphatic heterocycles. The molecular formula is C18H13FN8. The highest BCUT2D eigenvalue weighted by Crippen LogP contribution is 2.26. The molecule has 0 aliphatic carbocycles. The van der Waals surface area contributed by atoms with E-state index in [-0.39, 0.29) is 18.2 Å². The number of benzene rings is 1. The van der Waals surface area contributed by atoms with Gasteiger partial charge in [0.05, 0.1) is 23.8 Å². The summed E-state index contributed by atoms with van der Waals surface area (Å²) in [5, 5.41) is 14.0. The molecule has 0 bridgehead atoms. The molecule has 9 heteroatoms. The minimum absolute atomic E-state index is 0.0289. The Bertz CT molecular complexity index is 1210. The summed E-state index contributed by atoms with van der Waals surface area (Å²) in [5.41, 5.74) is 13.8. The smallest absolute Gasteiger partial charge is 0.222 e. The predicted octanol–water partition coefficient (Wildman–Crippen LogP) is 2.11. The van der Waals surface area contributed by atoms with Crippen LogP contribution in [0.3, 0.4) is 0 Å². The first kappa shape index (κ1) is 16.4. The number of aromatic nitrogens is 5. The molecule has 0 unspecified atom stereocenters. The fourth-order valence-corrected chi connectivity index (χ4v) is 2.77. The SMILES string of the molecule is N#Cc1cccc(-c2nc(N)nc3c2cnn3Cc2ccc(N)cc2F)n1. The summed E-state index contributed by atoms with van der Waals surface area (Å²) in [6.45, 7) is 0.150. The summed E-state index contributed by atoms with van der Waals surface area (Å²) in [6.07, 6.45) is 1.57.